The molecule has 1 aliphatic rings. The molecule has 1 atom stereocenters. The van der Waals surface area contributed by atoms with Crippen molar-refractivity contribution in [3.8, 4) is 0 Å². The van der Waals surface area contributed by atoms with Crippen molar-refractivity contribution in [2.24, 2.45) is 0 Å². The summed E-state index contributed by atoms with van der Waals surface area (Å²) in [6, 6.07) is 1.98. The normalized spacial score (nSPS) is 19.8. The Morgan fingerprint density at radius 2 is 2.33 bits per heavy atom. The van der Waals surface area contributed by atoms with Gasteiger partial charge in [-0.1, -0.05) is 0 Å². The van der Waals surface area contributed by atoms with Gasteiger partial charge in [0.05, 0.1) is 12.4 Å². The Morgan fingerprint density at radius 1 is 1.56 bits per heavy atom. The lowest BCUT2D eigenvalue weighted by molar-refractivity contribution is 0.155. The first-order valence-corrected chi connectivity index (χ1v) is 8.17. The molecule has 0 bridgehead atoms. The third-order valence-corrected chi connectivity index (χ3v) is 4.03. The zero-order valence-electron chi connectivity index (χ0n) is 10.6. The fourth-order valence-electron chi connectivity index (χ4n) is 2.45. The van der Waals surface area contributed by atoms with Crippen molar-refractivity contribution in [2.75, 3.05) is 12.8 Å². The summed E-state index contributed by atoms with van der Waals surface area (Å²) in [7, 11) is -3.09. The molecule has 0 spiro atoms. The molecular formula is C12H20N2O3S. The number of hydrogen-bond acceptors (Lipinski definition) is 3. The van der Waals surface area contributed by atoms with Crippen LogP contribution in [-0.2, 0) is 23.0 Å². The highest BCUT2D eigenvalue weighted by molar-refractivity contribution is 7.88. The molecule has 1 heterocycles. The first-order valence-electron chi connectivity index (χ1n) is 6.28. The van der Waals surface area contributed by atoms with Gasteiger partial charge in [0.25, 0.3) is 0 Å². The van der Waals surface area contributed by atoms with Crippen LogP contribution in [0, 0.1) is 0 Å². The Balaban J connectivity index is 1.91. The van der Waals surface area contributed by atoms with E-state index < -0.39 is 10.0 Å². The lowest BCUT2D eigenvalue weighted by Crippen LogP contribution is -2.24. The van der Waals surface area contributed by atoms with E-state index in [4.69, 9.17) is 0 Å². The highest BCUT2D eigenvalue weighted by Gasteiger charge is 2.20. The maximum Gasteiger partial charge on any atom is 0.208 e. The average Bonchev–Trinajstić information content (AvgIpc) is 2.68. The van der Waals surface area contributed by atoms with E-state index in [0.29, 0.717) is 6.54 Å². The first-order chi connectivity index (χ1) is 8.47. The Hall–Kier alpha value is -0.850. The topological polar surface area (TPSA) is 71.3 Å². The maximum atomic E-state index is 10.9. The van der Waals surface area contributed by atoms with Gasteiger partial charge in [-0.25, -0.2) is 13.1 Å². The van der Waals surface area contributed by atoms with Crippen molar-refractivity contribution in [1.82, 2.24) is 9.29 Å². The van der Waals surface area contributed by atoms with Crippen molar-refractivity contribution in [3.63, 3.8) is 0 Å². The zero-order chi connectivity index (χ0) is 13.2. The molecule has 6 heteroatoms. The van der Waals surface area contributed by atoms with E-state index in [0.717, 1.165) is 37.8 Å². The van der Waals surface area contributed by atoms with Gasteiger partial charge in [-0.2, -0.15) is 0 Å². The summed E-state index contributed by atoms with van der Waals surface area (Å²) in [4.78, 5) is 0. The Labute approximate surface area is 108 Å². The van der Waals surface area contributed by atoms with Gasteiger partial charge in [-0.15, -0.1) is 0 Å². The van der Waals surface area contributed by atoms with E-state index in [-0.39, 0.29) is 6.10 Å². The number of aliphatic hydroxyl groups excluding tert-OH is 1. The van der Waals surface area contributed by atoms with Gasteiger partial charge < -0.3 is 9.67 Å². The summed E-state index contributed by atoms with van der Waals surface area (Å²) < 4.78 is 26.4. The number of aliphatic hydroxyl groups is 1. The van der Waals surface area contributed by atoms with E-state index in [1.54, 1.807) is 0 Å². The summed E-state index contributed by atoms with van der Waals surface area (Å²) in [5.41, 5.74) is 2.24. The predicted molar refractivity (Wildman–Crippen MR) is 69.8 cm³/mol. The van der Waals surface area contributed by atoms with Gasteiger partial charge in [0.15, 0.2) is 0 Å². The number of sulfonamides is 1. The van der Waals surface area contributed by atoms with Gasteiger partial charge in [0, 0.05) is 30.5 Å². The monoisotopic (exact) mass is 272 g/mol. The van der Waals surface area contributed by atoms with E-state index in [1.807, 2.05) is 12.3 Å². The molecule has 0 aromatic carbocycles. The summed E-state index contributed by atoms with van der Waals surface area (Å²) in [5.74, 6) is 0. The highest BCUT2D eigenvalue weighted by Crippen LogP contribution is 2.30. The maximum absolute atomic E-state index is 10.9. The quantitative estimate of drug-likeness (QED) is 0.779. The van der Waals surface area contributed by atoms with Crippen molar-refractivity contribution in [3.05, 3.63) is 23.5 Å². The molecule has 0 fully saturated rings. The van der Waals surface area contributed by atoms with Crippen LogP contribution in [0.2, 0.25) is 0 Å². The van der Waals surface area contributed by atoms with E-state index in [2.05, 4.69) is 9.29 Å². The summed E-state index contributed by atoms with van der Waals surface area (Å²) in [6.07, 6.45) is 6.43. The van der Waals surface area contributed by atoms with Crippen LogP contribution < -0.4 is 4.72 Å². The number of nitrogens with zero attached hydrogens (tertiary/aromatic N) is 1. The van der Waals surface area contributed by atoms with E-state index >= 15 is 0 Å². The van der Waals surface area contributed by atoms with Crippen LogP contribution in [0.3, 0.4) is 0 Å². The van der Waals surface area contributed by atoms with Crippen molar-refractivity contribution in [1.29, 1.82) is 0 Å². The molecule has 1 aromatic rings. The highest BCUT2D eigenvalue weighted by atomic mass is 32.2. The molecule has 1 aliphatic carbocycles. The van der Waals surface area contributed by atoms with Crippen LogP contribution in [0.4, 0.5) is 0 Å². The van der Waals surface area contributed by atoms with E-state index in [1.165, 1.54) is 11.9 Å². The van der Waals surface area contributed by atoms with Gasteiger partial charge >= 0.3 is 0 Å². The van der Waals surface area contributed by atoms with Crippen molar-refractivity contribution >= 4 is 10.0 Å². The molecule has 0 aliphatic heterocycles. The Morgan fingerprint density at radius 3 is 3.06 bits per heavy atom. The fraction of sp³-hybridized carbons (Fsp3) is 0.667. The minimum atomic E-state index is -3.09. The van der Waals surface area contributed by atoms with E-state index in [9.17, 15) is 13.5 Å². The Kier molecular flexibility index (Phi) is 4.09. The third kappa shape index (κ3) is 3.34. The standard InChI is InChI=1S/C12H20N2O3S/c1-18(16,17)13-7-3-8-14-9-6-10-11(14)4-2-5-12(10)15/h6,9,12-13,15H,2-5,7-8H2,1H3. The van der Waals surface area contributed by atoms with Crippen LogP contribution in [-0.4, -0.2) is 30.9 Å². The Bertz CT molecular complexity index is 507. The number of aromatic nitrogens is 1. The lowest BCUT2D eigenvalue weighted by atomic mass is 9.95. The molecular weight excluding hydrogens is 252 g/mol. The average molecular weight is 272 g/mol. The third-order valence-electron chi connectivity index (χ3n) is 3.30. The van der Waals surface area contributed by atoms with Crippen LogP contribution in [0.15, 0.2) is 12.3 Å². The van der Waals surface area contributed by atoms with Crippen molar-refractivity contribution < 1.29 is 13.5 Å². The predicted octanol–water partition coefficient (Wildman–Crippen LogP) is 0.797. The molecule has 0 saturated carbocycles. The molecule has 18 heavy (non-hydrogen) atoms. The molecule has 1 aromatic heterocycles. The van der Waals surface area contributed by atoms with Gasteiger partial charge in [-0.3, -0.25) is 0 Å². The van der Waals surface area contributed by atoms with Crippen LogP contribution in [0.25, 0.3) is 0 Å². The number of fused-ring (bicyclic) bond motifs is 1. The number of aryl methyl sites for hydroxylation is 1. The first kappa shape index (κ1) is 13.6. The number of hydrogen-bond donors (Lipinski definition) is 2. The molecule has 0 amide bonds. The molecule has 1 unspecified atom stereocenters. The molecule has 0 radical (unpaired) electrons. The summed E-state index contributed by atoms with van der Waals surface area (Å²) in [5, 5.41) is 9.85. The van der Waals surface area contributed by atoms with Crippen LogP contribution in [0.1, 0.15) is 36.6 Å². The molecule has 2 rings (SSSR count). The second-order valence-electron chi connectivity index (χ2n) is 4.84. The SMILES string of the molecule is CS(=O)(=O)NCCCn1ccc2c1CCCC2O. The van der Waals surface area contributed by atoms with Gasteiger partial charge in [0.1, 0.15) is 0 Å². The summed E-state index contributed by atoms with van der Waals surface area (Å²) >= 11 is 0. The fourth-order valence-corrected chi connectivity index (χ4v) is 2.96. The smallest absolute Gasteiger partial charge is 0.208 e. The minimum Gasteiger partial charge on any atom is -0.388 e. The minimum absolute atomic E-state index is 0.329. The summed E-state index contributed by atoms with van der Waals surface area (Å²) in [6.45, 7) is 1.24. The second kappa shape index (κ2) is 5.42. The van der Waals surface area contributed by atoms with Gasteiger partial charge in [0.2, 0.25) is 10.0 Å². The number of nitrogens with one attached hydrogen (secondary N) is 1. The molecule has 2 N–H and O–H groups in total. The molecule has 0 saturated heterocycles. The molecule has 102 valence electrons. The number of rotatable bonds is 5. The lowest BCUT2D eigenvalue weighted by Gasteiger charge is -2.20. The van der Waals surface area contributed by atoms with Crippen molar-refractivity contribution in [2.45, 2.75) is 38.3 Å². The van der Waals surface area contributed by atoms with Gasteiger partial charge in [-0.05, 0) is 31.7 Å². The van der Waals surface area contributed by atoms with Crippen LogP contribution >= 0.6 is 0 Å². The molecule has 5 nitrogen and oxygen atoms in total. The van der Waals surface area contributed by atoms with Crippen LogP contribution in [0.5, 0.6) is 0 Å². The zero-order valence-corrected chi connectivity index (χ0v) is 11.4. The second-order valence-corrected chi connectivity index (χ2v) is 6.67. The largest absolute Gasteiger partial charge is 0.388 e.